The van der Waals surface area contributed by atoms with Gasteiger partial charge in [0.25, 0.3) is 5.91 Å². The number of carbonyl (C=O) groups excluding carboxylic acids is 1. The molecule has 0 fully saturated rings. The lowest BCUT2D eigenvalue weighted by atomic mass is 10.0. The fourth-order valence-corrected chi connectivity index (χ4v) is 1.86. The number of carboxylic acid groups (broad SMARTS) is 1. The van der Waals surface area contributed by atoms with Crippen molar-refractivity contribution in [2.24, 2.45) is 5.92 Å². The van der Waals surface area contributed by atoms with E-state index in [1.807, 2.05) is 13.8 Å². The van der Waals surface area contributed by atoms with Crippen molar-refractivity contribution < 1.29 is 19.4 Å². The maximum absolute atomic E-state index is 11.9. The number of nitriles is 1. The number of aliphatic carboxylic acids is 1. The van der Waals surface area contributed by atoms with Crippen molar-refractivity contribution in [3.8, 4) is 6.07 Å². The number of carbonyl (C=O) groups is 2. The Labute approximate surface area is 144 Å². The van der Waals surface area contributed by atoms with Crippen LogP contribution in [0.5, 0.6) is 0 Å². The number of hydrogen-bond donors (Lipinski definition) is 3. The molecule has 0 spiro atoms. The number of ether oxygens (including phenoxy) is 1. The van der Waals surface area contributed by atoms with Crippen LogP contribution < -0.4 is 10.6 Å². The third-order valence-corrected chi connectivity index (χ3v) is 3.19. The van der Waals surface area contributed by atoms with Gasteiger partial charge >= 0.3 is 5.97 Å². The quantitative estimate of drug-likeness (QED) is 0.268. The number of amides is 1. The van der Waals surface area contributed by atoms with Gasteiger partial charge in [0, 0.05) is 26.0 Å². The minimum absolute atomic E-state index is 0.142. The van der Waals surface area contributed by atoms with Gasteiger partial charge in [-0.05, 0) is 25.2 Å². The third-order valence-electron chi connectivity index (χ3n) is 3.19. The van der Waals surface area contributed by atoms with E-state index >= 15 is 0 Å². The van der Waals surface area contributed by atoms with E-state index in [-0.39, 0.29) is 11.5 Å². The first-order valence-corrected chi connectivity index (χ1v) is 8.37. The number of unbranched alkanes of at least 4 members (excludes halogenated alkanes) is 1. The van der Waals surface area contributed by atoms with Crippen LogP contribution in [0.3, 0.4) is 0 Å². The topological polar surface area (TPSA) is 111 Å². The van der Waals surface area contributed by atoms with Crippen LogP contribution in [0.15, 0.2) is 11.8 Å². The number of rotatable bonds is 13. The molecule has 3 N–H and O–H groups in total. The highest BCUT2D eigenvalue weighted by Crippen LogP contribution is 2.05. The van der Waals surface area contributed by atoms with Crippen molar-refractivity contribution in [1.29, 1.82) is 5.26 Å². The van der Waals surface area contributed by atoms with E-state index < -0.39 is 17.9 Å². The minimum Gasteiger partial charge on any atom is -0.480 e. The van der Waals surface area contributed by atoms with Crippen LogP contribution >= 0.6 is 0 Å². The van der Waals surface area contributed by atoms with Gasteiger partial charge < -0.3 is 20.5 Å². The molecule has 0 aliphatic heterocycles. The van der Waals surface area contributed by atoms with Crippen LogP contribution in [0.1, 0.15) is 46.5 Å². The minimum atomic E-state index is -1.01. The highest BCUT2D eigenvalue weighted by atomic mass is 16.5. The molecule has 24 heavy (non-hydrogen) atoms. The van der Waals surface area contributed by atoms with Crippen LogP contribution in [0.4, 0.5) is 0 Å². The Hall–Kier alpha value is -2.07. The number of nitrogens with one attached hydrogen (secondary N) is 2. The lowest BCUT2D eigenvalue weighted by Gasteiger charge is -2.15. The lowest BCUT2D eigenvalue weighted by Crippen LogP contribution is -2.35. The predicted octanol–water partition coefficient (Wildman–Crippen LogP) is 1.81. The molecule has 0 saturated carbocycles. The zero-order valence-electron chi connectivity index (χ0n) is 14.8. The normalized spacial score (nSPS) is 12.5. The van der Waals surface area contributed by atoms with Crippen molar-refractivity contribution >= 4 is 11.9 Å². The molecule has 136 valence electrons. The molecule has 0 aromatic carbocycles. The van der Waals surface area contributed by atoms with Crippen LogP contribution in [-0.4, -0.2) is 42.8 Å². The predicted molar refractivity (Wildman–Crippen MR) is 91.1 cm³/mol. The van der Waals surface area contributed by atoms with Gasteiger partial charge in [0.2, 0.25) is 0 Å². The van der Waals surface area contributed by atoms with Crippen LogP contribution in [0.2, 0.25) is 0 Å². The summed E-state index contributed by atoms with van der Waals surface area (Å²) in [4.78, 5) is 23.0. The average molecular weight is 339 g/mol. The van der Waals surface area contributed by atoms with Crippen LogP contribution in [0, 0.1) is 17.2 Å². The molecule has 1 amide bonds. The van der Waals surface area contributed by atoms with E-state index in [4.69, 9.17) is 15.1 Å². The SMILES string of the molecule is CCCCOCCCNC(=O)/C(C#N)=C\NC(CC(C)C)C(=O)O. The summed E-state index contributed by atoms with van der Waals surface area (Å²) in [6, 6.07) is 0.955. The van der Waals surface area contributed by atoms with Crippen molar-refractivity contribution in [2.75, 3.05) is 19.8 Å². The second kappa shape index (κ2) is 13.4. The maximum Gasteiger partial charge on any atom is 0.326 e. The molecule has 0 aliphatic rings. The van der Waals surface area contributed by atoms with Crippen LogP contribution in [-0.2, 0) is 14.3 Å². The molecule has 0 radical (unpaired) electrons. The molecule has 1 atom stereocenters. The van der Waals surface area contributed by atoms with E-state index in [0.29, 0.717) is 32.6 Å². The largest absolute Gasteiger partial charge is 0.480 e. The van der Waals surface area contributed by atoms with E-state index in [0.717, 1.165) is 12.8 Å². The fourth-order valence-electron chi connectivity index (χ4n) is 1.86. The van der Waals surface area contributed by atoms with Gasteiger partial charge in [0.05, 0.1) is 0 Å². The Kier molecular flexibility index (Phi) is 12.2. The molecule has 1 unspecified atom stereocenters. The van der Waals surface area contributed by atoms with E-state index in [2.05, 4.69) is 17.6 Å². The summed E-state index contributed by atoms with van der Waals surface area (Å²) in [7, 11) is 0. The molecule has 0 rings (SSSR count). The lowest BCUT2D eigenvalue weighted by molar-refractivity contribution is -0.139. The summed E-state index contributed by atoms with van der Waals surface area (Å²) in [5.41, 5.74) is -0.142. The van der Waals surface area contributed by atoms with Gasteiger partial charge in [-0.25, -0.2) is 4.79 Å². The van der Waals surface area contributed by atoms with Gasteiger partial charge in [-0.2, -0.15) is 5.26 Å². The standard InChI is InChI=1S/C17H29N3O4/c1-4-5-8-24-9-6-7-19-16(21)14(11-18)12-20-15(17(22)23)10-13(2)3/h12-13,15,20H,4-10H2,1-3H3,(H,19,21)(H,22,23)/b14-12-. The first kappa shape index (κ1) is 21.9. The van der Waals surface area contributed by atoms with Gasteiger partial charge in [0.1, 0.15) is 17.7 Å². The summed E-state index contributed by atoms with van der Waals surface area (Å²) in [6.07, 6.45) is 4.33. The first-order chi connectivity index (χ1) is 11.4. The Morgan fingerprint density at radius 3 is 2.50 bits per heavy atom. The van der Waals surface area contributed by atoms with Crippen molar-refractivity contribution in [2.45, 2.75) is 52.5 Å². The Morgan fingerprint density at radius 2 is 1.96 bits per heavy atom. The summed E-state index contributed by atoms with van der Waals surface area (Å²) >= 11 is 0. The fraction of sp³-hybridized carbons (Fsp3) is 0.706. The molecule has 0 heterocycles. The van der Waals surface area contributed by atoms with Crippen molar-refractivity contribution in [1.82, 2.24) is 10.6 Å². The maximum atomic E-state index is 11.9. The second-order valence-corrected chi connectivity index (χ2v) is 5.93. The number of hydrogen-bond acceptors (Lipinski definition) is 5. The first-order valence-electron chi connectivity index (χ1n) is 8.37. The monoisotopic (exact) mass is 339 g/mol. The molecule has 0 saturated heterocycles. The summed E-state index contributed by atoms with van der Waals surface area (Å²) in [5.74, 6) is -1.35. The Balaban J connectivity index is 4.28. The van der Waals surface area contributed by atoms with Crippen molar-refractivity contribution in [3.63, 3.8) is 0 Å². The molecule has 0 aliphatic carbocycles. The molecule has 7 nitrogen and oxygen atoms in total. The second-order valence-electron chi connectivity index (χ2n) is 5.93. The summed E-state index contributed by atoms with van der Waals surface area (Å²) in [6.45, 7) is 7.56. The Morgan fingerprint density at radius 1 is 1.29 bits per heavy atom. The molecule has 0 bridgehead atoms. The van der Waals surface area contributed by atoms with Gasteiger partial charge in [-0.1, -0.05) is 27.2 Å². The van der Waals surface area contributed by atoms with Crippen molar-refractivity contribution in [3.05, 3.63) is 11.8 Å². The molecular formula is C17H29N3O4. The molecule has 0 aromatic heterocycles. The van der Waals surface area contributed by atoms with E-state index in [9.17, 15) is 9.59 Å². The zero-order valence-corrected chi connectivity index (χ0v) is 14.8. The highest BCUT2D eigenvalue weighted by Gasteiger charge is 2.18. The smallest absolute Gasteiger partial charge is 0.326 e. The molecule has 0 aromatic rings. The highest BCUT2D eigenvalue weighted by molar-refractivity contribution is 5.97. The van der Waals surface area contributed by atoms with Gasteiger partial charge in [0.15, 0.2) is 0 Å². The summed E-state index contributed by atoms with van der Waals surface area (Å²) < 4.78 is 5.38. The Bertz CT molecular complexity index is 455. The summed E-state index contributed by atoms with van der Waals surface area (Å²) in [5, 5.41) is 23.4. The number of nitrogens with zero attached hydrogens (tertiary/aromatic N) is 1. The third kappa shape index (κ3) is 10.6. The van der Waals surface area contributed by atoms with E-state index in [1.54, 1.807) is 6.07 Å². The molecular weight excluding hydrogens is 310 g/mol. The van der Waals surface area contributed by atoms with Crippen LogP contribution in [0.25, 0.3) is 0 Å². The zero-order chi connectivity index (χ0) is 18.4. The molecule has 7 heteroatoms. The van der Waals surface area contributed by atoms with E-state index in [1.165, 1.54) is 6.20 Å². The van der Waals surface area contributed by atoms with Gasteiger partial charge in [-0.15, -0.1) is 0 Å². The van der Waals surface area contributed by atoms with Gasteiger partial charge in [-0.3, -0.25) is 4.79 Å². The average Bonchev–Trinajstić information content (AvgIpc) is 2.52. The number of carboxylic acids is 1.